The van der Waals surface area contributed by atoms with Gasteiger partial charge in [0.05, 0.1) is 4.90 Å². The Morgan fingerprint density at radius 1 is 1.11 bits per heavy atom. The van der Waals surface area contributed by atoms with E-state index < -0.39 is 10.0 Å². The number of benzene rings is 1. The fraction of sp³-hybridized carbons (Fsp3) is 0.571. The molecule has 1 amide bonds. The zero-order valence-electron chi connectivity index (χ0n) is 16.6. The lowest BCUT2D eigenvalue weighted by molar-refractivity contribution is 0.0933. The normalized spacial score (nSPS) is 24.6. The van der Waals surface area contributed by atoms with Crippen molar-refractivity contribution in [3.63, 3.8) is 0 Å². The highest BCUT2D eigenvalue weighted by Gasteiger charge is 2.32. The van der Waals surface area contributed by atoms with E-state index >= 15 is 0 Å². The average molecular weight is 404 g/mol. The summed E-state index contributed by atoms with van der Waals surface area (Å²) in [4.78, 5) is 15.9. The minimum absolute atomic E-state index is 0.119. The summed E-state index contributed by atoms with van der Waals surface area (Å²) in [6.45, 7) is 5.32. The van der Waals surface area contributed by atoms with Gasteiger partial charge in [0.1, 0.15) is 5.69 Å². The van der Waals surface area contributed by atoms with Crippen LogP contribution in [0.25, 0.3) is 10.9 Å². The van der Waals surface area contributed by atoms with Crippen molar-refractivity contribution in [2.24, 2.45) is 11.8 Å². The van der Waals surface area contributed by atoms with Gasteiger partial charge in [0.25, 0.3) is 5.91 Å². The van der Waals surface area contributed by atoms with E-state index in [0.717, 1.165) is 43.0 Å². The summed E-state index contributed by atoms with van der Waals surface area (Å²) in [5.41, 5.74) is 1.26. The van der Waals surface area contributed by atoms with Gasteiger partial charge in [-0.2, -0.15) is 4.31 Å². The number of rotatable bonds is 4. The standard InChI is InChI=1S/C21H29N3O3S/c1-14-9-15(2)13-24(12-14)28(26,27)18-7-8-19-16(10-18)11-20(23-19)21(25)22-17-5-3-4-6-17/h7-8,10-11,14-15,17,23H,3-6,9,12-13H2,1-2H3,(H,22,25). The van der Waals surface area contributed by atoms with Crippen molar-refractivity contribution in [2.75, 3.05) is 13.1 Å². The molecule has 4 rings (SSSR count). The van der Waals surface area contributed by atoms with Gasteiger partial charge in [-0.15, -0.1) is 0 Å². The molecule has 2 aromatic rings. The first-order chi connectivity index (χ1) is 13.3. The molecule has 1 saturated carbocycles. The maximum absolute atomic E-state index is 13.1. The zero-order valence-corrected chi connectivity index (χ0v) is 17.4. The summed E-state index contributed by atoms with van der Waals surface area (Å²) < 4.78 is 27.9. The van der Waals surface area contributed by atoms with E-state index in [2.05, 4.69) is 24.1 Å². The molecule has 1 aliphatic heterocycles. The van der Waals surface area contributed by atoms with Crippen molar-refractivity contribution >= 4 is 26.8 Å². The fourth-order valence-corrected chi connectivity index (χ4v) is 6.39. The first-order valence-corrected chi connectivity index (χ1v) is 11.7. The number of carbonyl (C=O) groups is 1. The molecule has 28 heavy (non-hydrogen) atoms. The number of sulfonamides is 1. The Bertz CT molecular complexity index is 966. The molecular weight excluding hydrogens is 374 g/mol. The summed E-state index contributed by atoms with van der Waals surface area (Å²) in [5.74, 6) is 0.604. The lowest BCUT2D eigenvalue weighted by Crippen LogP contribution is -2.42. The molecule has 1 aromatic heterocycles. The number of carbonyl (C=O) groups excluding carboxylic acids is 1. The molecule has 0 radical (unpaired) electrons. The van der Waals surface area contributed by atoms with Crippen molar-refractivity contribution in [1.29, 1.82) is 0 Å². The van der Waals surface area contributed by atoms with Crippen LogP contribution >= 0.6 is 0 Å². The molecule has 6 nitrogen and oxygen atoms in total. The maximum Gasteiger partial charge on any atom is 0.267 e. The Hall–Kier alpha value is -1.86. The number of piperidine rings is 1. The van der Waals surface area contributed by atoms with Crippen molar-refractivity contribution in [2.45, 2.75) is 56.9 Å². The highest BCUT2D eigenvalue weighted by atomic mass is 32.2. The summed E-state index contributed by atoms with van der Waals surface area (Å²) in [6, 6.07) is 7.07. The first-order valence-electron chi connectivity index (χ1n) is 10.3. The first kappa shape index (κ1) is 19.5. The summed E-state index contributed by atoms with van der Waals surface area (Å²) in [6.07, 6.45) is 5.43. The molecule has 2 fully saturated rings. The third-order valence-electron chi connectivity index (χ3n) is 6.00. The molecule has 2 heterocycles. The molecule has 1 aliphatic carbocycles. The van der Waals surface area contributed by atoms with Gasteiger partial charge in [-0.25, -0.2) is 8.42 Å². The molecule has 2 atom stereocenters. The highest BCUT2D eigenvalue weighted by molar-refractivity contribution is 7.89. The molecule has 1 aromatic carbocycles. The fourth-order valence-electron chi connectivity index (χ4n) is 4.68. The Balaban J connectivity index is 1.58. The van der Waals surface area contributed by atoms with E-state index in [0.29, 0.717) is 35.5 Å². The van der Waals surface area contributed by atoms with Crippen LogP contribution < -0.4 is 5.32 Å². The van der Waals surface area contributed by atoms with Crippen LogP contribution in [0.1, 0.15) is 56.4 Å². The summed E-state index contributed by atoms with van der Waals surface area (Å²) in [7, 11) is -3.53. The largest absolute Gasteiger partial charge is 0.351 e. The molecule has 0 bridgehead atoms. The number of aromatic nitrogens is 1. The summed E-state index contributed by atoms with van der Waals surface area (Å²) in [5, 5.41) is 3.81. The van der Waals surface area contributed by atoms with Crippen LogP contribution in [0.3, 0.4) is 0 Å². The zero-order chi connectivity index (χ0) is 19.9. The second-order valence-electron chi connectivity index (χ2n) is 8.65. The van der Waals surface area contributed by atoms with Crippen LogP contribution in [-0.2, 0) is 10.0 Å². The van der Waals surface area contributed by atoms with E-state index in [-0.39, 0.29) is 11.9 Å². The minimum atomic E-state index is -3.53. The quantitative estimate of drug-likeness (QED) is 0.820. The number of nitrogens with one attached hydrogen (secondary N) is 2. The van der Waals surface area contributed by atoms with Crippen LogP contribution in [0.15, 0.2) is 29.2 Å². The third kappa shape index (κ3) is 3.82. The van der Waals surface area contributed by atoms with Crippen molar-refractivity contribution in [3.8, 4) is 0 Å². The van der Waals surface area contributed by atoms with Crippen LogP contribution in [-0.4, -0.2) is 42.7 Å². The second-order valence-corrected chi connectivity index (χ2v) is 10.6. The Morgan fingerprint density at radius 2 is 1.79 bits per heavy atom. The molecule has 7 heteroatoms. The smallest absolute Gasteiger partial charge is 0.267 e. The van der Waals surface area contributed by atoms with Crippen molar-refractivity contribution in [1.82, 2.24) is 14.6 Å². The molecule has 0 spiro atoms. The molecule has 2 aliphatic rings. The number of hydrogen-bond acceptors (Lipinski definition) is 3. The SMILES string of the molecule is CC1CC(C)CN(S(=O)(=O)c2ccc3[nH]c(C(=O)NC4CCCC4)cc3c2)C1. The van der Waals surface area contributed by atoms with E-state index in [1.54, 1.807) is 28.6 Å². The number of hydrogen-bond donors (Lipinski definition) is 2. The van der Waals surface area contributed by atoms with Gasteiger partial charge in [-0.1, -0.05) is 26.7 Å². The molecule has 152 valence electrons. The van der Waals surface area contributed by atoms with Crippen LogP contribution in [0.5, 0.6) is 0 Å². The monoisotopic (exact) mass is 403 g/mol. The number of H-pyrrole nitrogens is 1. The summed E-state index contributed by atoms with van der Waals surface area (Å²) >= 11 is 0. The lowest BCUT2D eigenvalue weighted by atomic mass is 9.94. The number of nitrogens with zero attached hydrogens (tertiary/aromatic N) is 1. The Labute approximate surface area is 166 Å². The Morgan fingerprint density at radius 3 is 2.46 bits per heavy atom. The van der Waals surface area contributed by atoms with Gasteiger partial charge in [0.15, 0.2) is 0 Å². The van der Waals surface area contributed by atoms with Gasteiger partial charge in [0, 0.05) is 30.0 Å². The average Bonchev–Trinajstić information content (AvgIpc) is 3.29. The van der Waals surface area contributed by atoms with Gasteiger partial charge in [0.2, 0.25) is 10.0 Å². The molecule has 2 unspecified atom stereocenters. The predicted molar refractivity (Wildman–Crippen MR) is 110 cm³/mol. The predicted octanol–water partition coefficient (Wildman–Crippen LogP) is 3.51. The van der Waals surface area contributed by atoms with E-state index in [4.69, 9.17) is 0 Å². The van der Waals surface area contributed by atoms with E-state index in [9.17, 15) is 13.2 Å². The lowest BCUT2D eigenvalue weighted by Gasteiger charge is -2.34. The maximum atomic E-state index is 13.1. The number of amides is 1. The molecular formula is C21H29N3O3S. The van der Waals surface area contributed by atoms with E-state index in [1.807, 2.05) is 0 Å². The van der Waals surface area contributed by atoms with Crippen LogP contribution in [0.4, 0.5) is 0 Å². The molecule has 2 N–H and O–H groups in total. The second kappa shape index (κ2) is 7.52. The van der Waals surface area contributed by atoms with Gasteiger partial charge < -0.3 is 10.3 Å². The van der Waals surface area contributed by atoms with Gasteiger partial charge in [-0.05, 0) is 55.4 Å². The van der Waals surface area contributed by atoms with Crippen LogP contribution in [0, 0.1) is 11.8 Å². The highest BCUT2D eigenvalue weighted by Crippen LogP contribution is 2.28. The third-order valence-corrected chi connectivity index (χ3v) is 7.83. The Kier molecular flexibility index (Phi) is 5.22. The van der Waals surface area contributed by atoms with Crippen LogP contribution in [0.2, 0.25) is 0 Å². The minimum Gasteiger partial charge on any atom is -0.351 e. The van der Waals surface area contributed by atoms with Gasteiger partial charge in [-0.3, -0.25) is 4.79 Å². The molecule has 1 saturated heterocycles. The van der Waals surface area contributed by atoms with Gasteiger partial charge >= 0.3 is 0 Å². The number of fused-ring (bicyclic) bond motifs is 1. The van der Waals surface area contributed by atoms with Crippen molar-refractivity contribution < 1.29 is 13.2 Å². The van der Waals surface area contributed by atoms with E-state index in [1.165, 1.54) is 0 Å². The van der Waals surface area contributed by atoms with Crippen molar-refractivity contribution in [3.05, 3.63) is 30.0 Å². The topological polar surface area (TPSA) is 82.3 Å². The number of aromatic amines is 1.